The molecule has 3 N–H and O–H groups in total. The molecule has 9 nitrogen and oxygen atoms in total. The Morgan fingerprint density at radius 2 is 1.86 bits per heavy atom. The van der Waals surface area contributed by atoms with Gasteiger partial charge in [-0.2, -0.15) is 0 Å². The summed E-state index contributed by atoms with van der Waals surface area (Å²) in [6.07, 6.45) is 0. The van der Waals surface area contributed by atoms with Gasteiger partial charge < -0.3 is 25.4 Å². The van der Waals surface area contributed by atoms with Gasteiger partial charge in [0, 0.05) is 31.6 Å². The van der Waals surface area contributed by atoms with Gasteiger partial charge in [0.15, 0.2) is 0 Å². The third-order valence-corrected chi connectivity index (χ3v) is 4.49. The number of benzene rings is 1. The molecule has 9 heteroatoms. The molecule has 0 saturated heterocycles. The lowest BCUT2D eigenvalue weighted by atomic mass is 9.94. The van der Waals surface area contributed by atoms with Gasteiger partial charge >= 0.3 is 18.0 Å². The molecule has 158 valence electrons. The van der Waals surface area contributed by atoms with E-state index in [1.165, 1.54) is 12.0 Å². The zero-order valence-electron chi connectivity index (χ0n) is 17.2. The molecule has 1 aliphatic heterocycles. The molecule has 29 heavy (non-hydrogen) atoms. The summed E-state index contributed by atoms with van der Waals surface area (Å²) in [5, 5.41) is 8.23. The molecule has 2 rings (SSSR count). The molecule has 4 amide bonds. The Bertz CT molecular complexity index is 776. The second-order valence-electron chi connectivity index (χ2n) is 6.36. The Balaban J connectivity index is 2.30. The van der Waals surface area contributed by atoms with Crippen LogP contribution in [-0.2, 0) is 14.3 Å². The minimum Gasteiger partial charge on any atom is -0.460 e. The summed E-state index contributed by atoms with van der Waals surface area (Å²) in [5.74, 6) is -0.507. The fourth-order valence-corrected chi connectivity index (χ4v) is 3.07. The van der Waals surface area contributed by atoms with E-state index in [1.54, 1.807) is 31.2 Å². The van der Waals surface area contributed by atoms with Crippen LogP contribution in [0.3, 0.4) is 0 Å². The largest absolute Gasteiger partial charge is 0.460 e. The number of ether oxygens (including phenoxy) is 2. The SMILES string of the molecule is CCNC(=O)Nc1ccc([C@H]2NC(=O)N(CC)C(C)=C2C(=O)OCCOC)cc1. The van der Waals surface area contributed by atoms with E-state index in [0.717, 1.165) is 0 Å². The van der Waals surface area contributed by atoms with Crippen molar-refractivity contribution in [2.75, 3.05) is 38.7 Å². The lowest BCUT2D eigenvalue weighted by Crippen LogP contribution is -2.47. The summed E-state index contributed by atoms with van der Waals surface area (Å²) in [7, 11) is 1.52. The Kier molecular flexibility index (Phi) is 8.02. The zero-order valence-corrected chi connectivity index (χ0v) is 17.2. The van der Waals surface area contributed by atoms with Crippen LogP contribution in [0.5, 0.6) is 0 Å². The van der Waals surface area contributed by atoms with Crippen molar-refractivity contribution in [1.29, 1.82) is 0 Å². The molecular weight excluding hydrogens is 376 g/mol. The molecule has 0 aliphatic carbocycles. The lowest BCUT2D eigenvalue weighted by molar-refractivity contribution is -0.140. The number of esters is 1. The van der Waals surface area contributed by atoms with Crippen LogP contribution >= 0.6 is 0 Å². The first-order chi connectivity index (χ1) is 13.9. The molecule has 0 radical (unpaired) electrons. The van der Waals surface area contributed by atoms with Crippen LogP contribution in [0.25, 0.3) is 0 Å². The number of allylic oxidation sites excluding steroid dienone is 1. The molecule has 1 atom stereocenters. The number of hydrogen-bond donors (Lipinski definition) is 3. The molecule has 0 aromatic heterocycles. The van der Waals surface area contributed by atoms with E-state index in [9.17, 15) is 14.4 Å². The van der Waals surface area contributed by atoms with Gasteiger partial charge in [-0.25, -0.2) is 14.4 Å². The van der Waals surface area contributed by atoms with Gasteiger partial charge in [-0.1, -0.05) is 12.1 Å². The molecule has 1 heterocycles. The maximum atomic E-state index is 12.7. The number of hydrogen-bond acceptors (Lipinski definition) is 5. The van der Waals surface area contributed by atoms with E-state index < -0.39 is 12.0 Å². The molecule has 0 fully saturated rings. The van der Waals surface area contributed by atoms with Gasteiger partial charge in [-0.3, -0.25) is 4.90 Å². The molecule has 0 spiro atoms. The van der Waals surface area contributed by atoms with Crippen molar-refractivity contribution in [3.8, 4) is 0 Å². The average molecular weight is 404 g/mol. The number of carbonyl (C=O) groups excluding carboxylic acids is 3. The predicted molar refractivity (Wildman–Crippen MR) is 108 cm³/mol. The van der Waals surface area contributed by atoms with Crippen molar-refractivity contribution in [3.05, 3.63) is 41.1 Å². The quantitative estimate of drug-likeness (QED) is 0.455. The second kappa shape index (κ2) is 10.5. The predicted octanol–water partition coefficient (Wildman–Crippen LogP) is 2.38. The Morgan fingerprint density at radius 1 is 1.17 bits per heavy atom. The van der Waals surface area contributed by atoms with Crippen LogP contribution in [-0.4, -0.2) is 56.3 Å². The Labute approximate surface area is 170 Å². The summed E-state index contributed by atoms with van der Waals surface area (Å²) in [6.45, 7) is 6.74. The second-order valence-corrected chi connectivity index (χ2v) is 6.36. The van der Waals surface area contributed by atoms with Gasteiger partial charge in [0.1, 0.15) is 6.61 Å². The van der Waals surface area contributed by atoms with Crippen LogP contribution < -0.4 is 16.0 Å². The topological polar surface area (TPSA) is 109 Å². The number of urea groups is 2. The first-order valence-corrected chi connectivity index (χ1v) is 9.52. The van der Waals surface area contributed by atoms with Crippen LogP contribution in [0.1, 0.15) is 32.4 Å². The first-order valence-electron chi connectivity index (χ1n) is 9.52. The lowest BCUT2D eigenvalue weighted by Gasteiger charge is -2.34. The third kappa shape index (κ3) is 5.47. The fourth-order valence-electron chi connectivity index (χ4n) is 3.07. The van der Waals surface area contributed by atoms with E-state index in [4.69, 9.17) is 9.47 Å². The number of methoxy groups -OCH3 is 1. The van der Waals surface area contributed by atoms with Gasteiger partial charge in [0.05, 0.1) is 18.2 Å². The standard InChI is InChI=1S/C20H28N4O5/c1-5-21-19(26)22-15-9-7-14(8-10-15)17-16(18(25)29-12-11-28-4)13(3)24(6-2)20(27)23-17/h7-10,17H,5-6,11-12H2,1-4H3,(H,23,27)(H2,21,22,26)/t17-/m1/s1. The normalized spacial score (nSPS) is 16.3. The number of rotatable bonds is 8. The minimum atomic E-state index is -0.654. The smallest absolute Gasteiger partial charge is 0.338 e. The molecule has 1 aromatic rings. The number of anilines is 1. The average Bonchev–Trinajstić information content (AvgIpc) is 2.68. The van der Waals surface area contributed by atoms with Crippen LogP contribution in [0.15, 0.2) is 35.5 Å². The van der Waals surface area contributed by atoms with Crippen LogP contribution in [0.2, 0.25) is 0 Å². The summed E-state index contributed by atoms with van der Waals surface area (Å²) in [6, 6.07) is 5.70. The first kappa shape index (κ1) is 22.2. The van der Waals surface area contributed by atoms with Crippen molar-refractivity contribution in [2.45, 2.75) is 26.8 Å². The molecule has 1 aromatic carbocycles. The van der Waals surface area contributed by atoms with E-state index in [1.807, 2.05) is 13.8 Å². The maximum Gasteiger partial charge on any atom is 0.338 e. The van der Waals surface area contributed by atoms with Crippen molar-refractivity contribution in [2.24, 2.45) is 0 Å². The van der Waals surface area contributed by atoms with E-state index in [-0.39, 0.29) is 25.3 Å². The minimum absolute atomic E-state index is 0.119. The Morgan fingerprint density at radius 3 is 2.45 bits per heavy atom. The van der Waals surface area contributed by atoms with Crippen molar-refractivity contribution < 1.29 is 23.9 Å². The van der Waals surface area contributed by atoms with Crippen LogP contribution in [0.4, 0.5) is 15.3 Å². The number of nitrogens with one attached hydrogen (secondary N) is 3. The molecule has 0 unspecified atom stereocenters. The summed E-state index contributed by atoms with van der Waals surface area (Å²) in [5.41, 5.74) is 2.22. The highest BCUT2D eigenvalue weighted by molar-refractivity contribution is 5.95. The summed E-state index contributed by atoms with van der Waals surface area (Å²) in [4.78, 5) is 38.4. The van der Waals surface area contributed by atoms with E-state index in [0.29, 0.717) is 35.6 Å². The highest BCUT2D eigenvalue weighted by Gasteiger charge is 2.35. The van der Waals surface area contributed by atoms with Gasteiger partial charge in [-0.05, 0) is 38.5 Å². The Hall–Kier alpha value is -3.07. The molecule has 1 aliphatic rings. The van der Waals surface area contributed by atoms with Crippen molar-refractivity contribution >= 4 is 23.7 Å². The third-order valence-electron chi connectivity index (χ3n) is 4.49. The van der Waals surface area contributed by atoms with Gasteiger partial charge in [0.2, 0.25) is 0 Å². The summed E-state index contributed by atoms with van der Waals surface area (Å²) < 4.78 is 10.2. The number of amides is 4. The van der Waals surface area contributed by atoms with Crippen LogP contribution in [0, 0.1) is 0 Å². The highest BCUT2D eigenvalue weighted by atomic mass is 16.6. The van der Waals surface area contributed by atoms with Crippen molar-refractivity contribution in [3.63, 3.8) is 0 Å². The monoisotopic (exact) mass is 404 g/mol. The zero-order chi connectivity index (χ0) is 21.4. The number of carbonyl (C=O) groups is 3. The van der Waals surface area contributed by atoms with Gasteiger partial charge in [-0.15, -0.1) is 0 Å². The highest BCUT2D eigenvalue weighted by Crippen LogP contribution is 2.31. The number of nitrogens with zero attached hydrogens (tertiary/aromatic N) is 1. The van der Waals surface area contributed by atoms with Crippen molar-refractivity contribution in [1.82, 2.24) is 15.5 Å². The van der Waals surface area contributed by atoms with Gasteiger partial charge in [0.25, 0.3) is 0 Å². The van der Waals surface area contributed by atoms with E-state index in [2.05, 4.69) is 16.0 Å². The summed E-state index contributed by atoms with van der Waals surface area (Å²) >= 11 is 0. The molecule has 0 bridgehead atoms. The fraction of sp³-hybridized carbons (Fsp3) is 0.450. The molecular formula is C20H28N4O5. The molecule has 0 saturated carbocycles. The maximum absolute atomic E-state index is 12.7. The van der Waals surface area contributed by atoms with E-state index >= 15 is 0 Å².